The molecule has 0 aromatic heterocycles. The lowest BCUT2D eigenvalue weighted by Crippen LogP contribution is -2.10. The van der Waals surface area contributed by atoms with Crippen LogP contribution in [0.25, 0.3) is 21.9 Å². The van der Waals surface area contributed by atoms with Gasteiger partial charge in [-0.1, -0.05) is 63.2 Å². The summed E-state index contributed by atoms with van der Waals surface area (Å²) < 4.78 is 0. The molecule has 3 aromatic carbocycles. The molecule has 0 heterocycles. The fourth-order valence-corrected chi connectivity index (χ4v) is 2.63. The SMILES string of the molecule is CC(C)(C)c1ccc2cc(-c3ccc(C#N)cc3)ccc2c1. The number of nitriles is 1. The number of hydrogen-bond donors (Lipinski definition) is 0. The number of benzene rings is 3. The third-order valence-corrected chi connectivity index (χ3v) is 4.05. The van der Waals surface area contributed by atoms with Gasteiger partial charge in [0.15, 0.2) is 0 Å². The van der Waals surface area contributed by atoms with Crippen molar-refractivity contribution in [2.45, 2.75) is 26.2 Å². The average molecular weight is 285 g/mol. The Kier molecular flexibility index (Phi) is 3.47. The molecule has 3 aromatic rings. The summed E-state index contributed by atoms with van der Waals surface area (Å²) in [7, 11) is 0. The van der Waals surface area contributed by atoms with Gasteiger partial charge in [-0.15, -0.1) is 0 Å². The predicted molar refractivity (Wildman–Crippen MR) is 92.8 cm³/mol. The molecule has 0 radical (unpaired) electrons. The third kappa shape index (κ3) is 2.73. The van der Waals surface area contributed by atoms with Gasteiger partial charge in [-0.3, -0.25) is 0 Å². The number of fused-ring (bicyclic) bond motifs is 1. The molecule has 0 fully saturated rings. The second kappa shape index (κ2) is 5.31. The van der Waals surface area contributed by atoms with Crippen molar-refractivity contribution < 1.29 is 0 Å². The Morgan fingerprint density at radius 2 is 1.32 bits per heavy atom. The Morgan fingerprint density at radius 3 is 1.95 bits per heavy atom. The van der Waals surface area contributed by atoms with Crippen LogP contribution in [0.5, 0.6) is 0 Å². The van der Waals surface area contributed by atoms with E-state index in [1.807, 2.05) is 24.3 Å². The summed E-state index contributed by atoms with van der Waals surface area (Å²) in [6.45, 7) is 6.71. The Hall–Kier alpha value is -2.59. The largest absolute Gasteiger partial charge is 0.192 e. The Morgan fingerprint density at radius 1 is 0.727 bits per heavy atom. The summed E-state index contributed by atoms with van der Waals surface area (Å²) in [5.41, 5.74) is 4.53. The van der Waals surface area contributed by atoms with Crippen LogP contribution in [0.1, 0.15) is 31.9 Å². The van der Waals surface area contributed by atoms with E-state index in [-0.39, 0.29) is 5.41 Å². The number of nitrogens with zero attached hydrogens (tertiary/aromatic N) is 1. The first-order valence-electron chi connectivity index (χ1n) is 7.52. The first-order chi connectivity index (χ1) is 10.5. The first-order valence-corrected chi connectivity index (χ1v) is 7.52. The van der Waals surface area contributed by atoms with Crippen LogP contribution < -0.4 is 0 Å². The molecule has 0 bridgehead atoms. The Balaban J connectivity index is 2.04. The van der Waals surface area contributed by atoms with E-state index in [9.17, 15) is 0 Å². The molecule has 0 saturated carbocycles. The van der Waals surface area contributed by atoms with Gasteiger partial charge in [0, 0.05) is 0 Å². The fourth-order valence-electron chi connectivity index (χ4n) is 2.63. The lowest BCUT2D eigenvalue weighted by atomic mass is 9.85. The molecule has 0 N–H and O–H groups in total. The molecule has 0 spiro atoms. The average Bonchev–Trinajstić information content (AvgIpc) is 2.53. The molecule has 0 saturated heterocycles. The van der Waals surface area contributed by atoms with Gasteiger partial charge in [0.05, 0.1) is 11.6 Å². The van der Waals surface area contributed by atoms with Crippen molar-refractivity contribution in [2.75, 3.05) is 0 Å². The maximum Gasteiger partial charge on any atom is 0.0991 e. The molecule has 0 aliphatic carbocycles. The van der Waals surface area contributed by atoms with E-state index >= 15 is 0 Å². The molecule has 22 heavy (non-hydrogen) atoms. The Bertz CT molecular complexity index is 859. The molecule has 0 aliphatic rings. The van der Waals surface area contributed by atoms with Gasteiger partial charge in [-0.25, -0.2) is 0 Å². The van der Waals surface area contributed by atoms with Crippen LogP contribution in [0, 0.1) is 11.3 Å². The lowest BCUT2D eigenvalue weighted by molar-refractivity contribution is 0.591. The molecule has 108 valence electrons. The van der Waals surface area contributed by atoms with Crippen molar-refractivity contribution in [2.24, 2.45) is 0 Å². The van der Waals surface area contributed by atoms with Gasteiger partial charge in [-0.2, -0.15) is 5.26 Å². The number of hydrogen-bond acceptors (Lipinski definition) is 1. The smallest absolute Gasteiger partial charge is 0.0991 e. The minimum Gasteiger partial charge on any atom is -0.192 e. The van der Waals surface area contributed by atoms with Gasteiger partial charge in [-0.05, 0) is 51.1 Å². The predicted octanol–water partition coefficient (Wildman–Crippen LogP) is 5.68. The van der Waals surface area contributed by atoms with E-state index < -0.39 is 0 Å². The summed E-state index contributed by atoms with van der Waals surface area (Å²) in [6.07, 6.45) is 0. The van der Waals surface area contributed by atoms with Gasteiger partial charge in [0.25, 0.3) is 0 Å². The molecule has 1 nitrogen and oxygen atoms in total. The molecule has 1 heteroatoms. The highest BCUT2D eigenvalue weighted by atomic mass is 14.2. The van der Waals surface area contributed by atoms with Crippen LogP contribution in [-0.4, -0.2) is 0 Å². The van der Waals surface area contributed by atoms with Gasteiger partial charge in [0.1, 0.15) is 0 Å². The van der Waals surface area contributed by atoms with Crippen LogP contribution in [0.3, 0.4) is 0 Å². The summed E-state index contributed by atoms with van der Waals surface area (Å²) >= 11 is 0. The van der Waals surface area contributed by atoms with Gasteiger partial charge < -0.3 is 0 Å². The minimum atomic E-state index is 0.167. The van der Waals surface area contributed by atoms with Gasteiger partial charge in [0.2, 0.25) is 0 Å². The van der Waals surface area contributed by atoms with Crippen molar-refractivity contribution >= 4 is 10.8 Å². The van der Waals surface area contributed by atoms with E-state index in [1.165, 1.54) is 21.9 Å². The lowest BCUT2D eigenvalue weighted by Gasteiger charge is -2.19. The second-order valence-electron chi connectivity index (χ2n) is 6.72. The highest BCUT2D eigenvalue weighted by molar-refractivity contribution is 5.88. The third-order valence-electron chi connectivity index (χ3n) is 4.05. The van der Waals surface area contributed by atoms with E-state index in [0.717, 1.165) is 5.56 Å². The zero-order valence-electron chi connectivity index (χ0n) is 13.2. The van der Waals surface area contributed by atoms with E-state index in [4.69, 9.17) is 5.26 Å². The maximum absolute atomic E-state index is 8.88. The van der Waals surface area contributed by atoms with Gasteiger partial charge >= 0.3 is 0 Å². The normalized spacial score (nSPS) is 11.4. The van der Waals surface area contributed by atoms with Crippen LogP contribution in [-0.2, 0) is 5.41 Å². The maximum atomic E-state index is 8.88. The first kappa shape index (κ1) is 14.4. The fraction of sp³-hybridized carbons (Fsp3) is 0.190. The van der Waals surface area contributed by atoms with Crippen molar-refractivity contribution in [1.29, 1.82) is 5.26 Å². The minimum absolute atomic E-state index is 0.167. The number of rotatable bonds is 1. The van der Waals surface area contributed by atoms with Crippen LogP contribution in [0.15, 0.2) is 60.7 Å². The second-order valence-corrected chi connectivity index (χ2v) is 6.72. The van der Waals surface area contributed by atoms with Crippen molar-refractivity contribution in [3.05, 3.63) is 71.8 Å². The summed E-state index contributed by atoms with van der Waals surface area (Å²) in [6, 6.07) is 23.1. The zero-order valence-corrected chi connectivity index (χ0v) is 13.2. The topological polar surface area (TPSA) is 23.8 Å². The molecular formula is C21H19N. The molecule has 0 unspecified atom stereocenters. The summed E-state index contributed by atoms with van der Waals surface area (Å²) in [5.74, 6) is 0. The zero-order chi connectivity index (χ0) is 15.7. The van der Waals surface area contributed by atoms with Crippen molar-refractivity contribution in [1.82, 2.24) is 0 Å². The van der Waals surface area contributed by atoms with E-state index in [0.29, 0.717) is 5.56 Å². The molecule has 3 rings (SSSR count). The van der Waals surface area contributed by atoms with Crippen LogP contribution in [0.2, 0.25) is 0 Å². The standard InChI is InChI=1S/C21H19N/c1-21(2,3)20-11-10-18-12-17(8-9-19(18)13-20)16-6-4-15(14-22)5-7-16/h4-13H,1-3H3. The highest BCUT2D eigenvalue weighted by Crippen LogP contribution is 2.29. The van der Waals surface area contributed by atoms with E-state index in [1.54, 1.807) is 0 Å². The summed E-state index contributed by atoms with van der Waals surface area (Å²) in [4.78, 5) is 0. The highest BCUT2D eigenvalue weighted by Gasteiger charge is 2.13. The Labute approximate surface area is 131 Å². The molecule has 0 amide bonds. The molecule has 0 atom stereocenters. The quantitative estimate of drug-likeness (QED) is 0.564. The van der Waals surface area contributed by atoms with E-state index in [2.05, 4.69) is 63.2 Å². The van der Waals surface area contributed by atoms with Crippen LogP contribution >= 0.6 is 0 Å². The molecular weight excluding hydrogens is 266 g/mol. The van der Waals surface area contributed by atoms with Crippen molar-refractivity contribution in [3.63, 3.8) is 0 Å². The van der Waals surface area contributed by atoms with Crippen molar-refractivity contribution in [3.8, 4) is 17.2 Å². The monoisotopic (exact) mass is 285 g/mol. The van der Waals surface area contributed by atoms with Crippen LogP contribution in [0.4, 0.5) is 0 Å². The molecule has 0 aliphatic heterocycles. The summed E-state index contributed by atoms with van der Waals surface area (Å²) in [5, 5.41) is 11.4.